The Hall–Kier alpha value is -2.11. The molecule has 0 spiro atoms. The van der Waals surface area contributed by atoms with Crippen molar-refractivity contribution in [2.75, 3.05) is 13.2 Å². The molecule has 0 amide bonds. The van der Waals surface area contributed by atoms with E-state index in [2.05, 4.69) is 45.1 Å². The van der Waals surface area contributed by atoms with Gasteiger partial charge in [0.15, 0.2) is 6.10 Å². The van der Waals surface area contributed by atoms with E-state index in [1.807, 2.05) is 0 Å². The Balaban J connectivity index is 4.11. The topological polar surface area (TPSA) is 78.9 Å². The minimum Gasteiger partial charge on any atom is -0.462 e. The van der Waals surface area contributed by atoms with Gasteiger partial charge in [0.25, 0.3) is 0 Å². The SMILES string of the molecule is CCCCCCC/C=C\C/C=C\CCCCCCCCCCCCCCCCCC(=O)OCC(COC(=O)CCCCCCCCCCC)OC(=O)CCCCCCCCCCCCCCCCCCCCCC. The highest BCUT2D eigenvalue weighted by Crippen LogP contribution is 2.18. The Bertz CT molecular complexity index is 1190. The molecule has 74 heavy (non-hydrogen) atoms. The molecule has 0 aromatic carbocycles. The lowest BCUT2D eigenvalue weighted by atomic mass is 10.0. The predicted octanol–water partition coefficient (Wildman–Crippen LogP) is 22.6. The molecule has 0 bridgehead atoms. The van der Waals surface area contributed by atoms with Gasteiger partial charge < -0.3 is 14.2 Å². The van der Waals surface area contributed by atoms with Crippen LogP contribution in [-0.4, -0.2) is 37.2 Å². The molecule has 0 heterocycles. The summed E-state index contributed by atoms with van der Waals surface area (Å²) in [4.78, 5) is 38.2. The summed E-state index contributed by atoms with van der Waals surface area (Å²) in [5.41, 5.74) is 0. The summed E-state index contributed by atoms with van der Waals surface area (Å²) in [6.07, 6.45) is 76.4. The molecule has 6 heteroatoms. The molecule has 0 radical (unpaired) electrons. The van der Waals surface area contributed by atoms with Gasteiger partial charge in [0.2, 0.25) is 0 Å². The van der Waals surface area contributed by atoms with E-state index >= 15 is 0 Å². The summed E-state index contributed by atoms with van der Waals surface area (Å²) in [6, 6.07) is 0. The smallest absolute Gasteiger partial charge is 0.306 e. The van der Waals surface area contributed by atoms with Crippen LogP contribution < -0.4 is 0 Å². The van der Waals surface area contributed by atoms with Crippen molar-refractivity contribution in [3.63, 3.8) is 0 Å². The highest BCUT2D eigenvalue weighted by molar-refractivity contribution is 5.71. The average Bonchev–Trinajstić information content (AvgIpc) is 3.40. The Morgan fingerprint density at radius 2 is 0.486 bits per heavy atom. The maximum absolute atomic E-state index is 12.9. The first kappa shape index (κ1) is 71.9. The number of allylic oxidation sites excluding steroid dienone is 4. The molecule has 0 rings (SSSR count). The fraction of sp³-hybridized carbons (Fsp3) is 0.897. The summed E-state index contributed by atoms with van der Waals surface area (Å²) < 4.78 is 16.9. The van der Waals surface area contributed by atoms with Crippen molar-refractivity contribution in [1.29, 1.82) is 0 Å². The van der Waals surface area contributed by atoms with Gasteiger partial charge in [-0.2, -0.15) is 0 Å². The molecule has 0 saturated heterocycles. The van der Waals surface area contributed by atoms with Crippen LogP contribution in [0.5, 0.6) is 0 Å². The van der Waals surface area contributed by atoms with Crippen molar-refractivity contribution < 1.29 is 28.6 Å². The second-order valence-electron chi connectivity index (χ2n) is 22.7. The molecule has 1 unspecified atom stereocenters. The van der Waals surface area contributed by atoms with Crippen molar-refractivity contribution in [2.45, 2.75) is 380 Å². The Morgan fingerprint density at radius 3 is 0.743 bits per heavy atom. The molecule has 1 atom stereocenters. The third-order valence-corrected chi connectivity index (χ3v) is 15.2. The molecule has 0 aliphatic heterocycles. The largest absolute Gasteiger partial charge is 0.462 e. The first-order valence-corrected chi connectivity index (χ1v) is 33.3. The van der Waals surface area contributed by atoms with Crippen molar-refractivity contribution in [3.8, 4) is 0 Å². The highest BCUT2D eigenvalue weighted by atomic mass is 16.6. The van der Waals surface area contributed by atoms with E-state index in [4.69, 9.17) is 14.2 Å². The second kappa shape index (κ2) is 63.4. The van der Waals surface area contributed by atoms with Crippen LogP contribution in [0.2, 0.25) is 0 Å². The summed E-state index contributed by atoms with van der Waals surface area (Å²) in [5, 5.41) is 0. The molecular weight excluding hydrogens is 913 g/mol. The van der Waals surface area contributed by atoms with Crippen LogP contribution in [0.3, 0.4) is 0 Å². The monoisotopic (exact) mass is 1040 g/mol. The first-order chi connectivity index (χ1) is 36.5. The van der Waals surface area contributed by atoms with E-state index in [9.17, 15) is 14.4 Å². The molecule has 0 saturated carbocycles. The number of carbonyl (C=O) groups excluding carboxylic acids is 3. The number of hydrogen-bond donors (Lipinski definition) is 0. The number of carbonyl (C=O) groups is 3. The Morgan fingerprint density at radius 1 is 0.270 bits per heavy atom. The van der Waals surface area contributed by atoms with E-state index in [1.165, 1.54) is 270 Å². The van der Waals surface area contributed by atoms with Crippen LogP contribution >= 0.6 is 0 Å². The zero-order chi connectivity index (χ0) is 53.6. The van der Waals surface area contributed by atoms with Crippen LogP contribution in [0.15, 0.2) is 24.3 Å². The number of hydrogen-bond acceptors (Lipinski definition) is 6. The third-order valence-electron chi connectivity index (χ3n) is 15.2. The fourth-order valence-corrected chi connectivity index (χ4v) is 10.2. The lowest BCUT2D eigenvalue weighted by Gasteiger charge is -2.18. The summed E-state index contributed by atoms with van der Waals surface area (Å²) >= 11 is 0. The van der Waals surface area contributed by atoms with Gasteiger partial charge >= 0.3 is 17.9 Å². The van der Waals surface area contributed by atoms with E-state index in [0.717, 1.165) is 64.2 Å². The summed E-state index contributed by atoms with van der Waals surface area (Å²) in [6.45, 7) is 6.68. The van der Waals surface area contributed by atoms with Crippen LogP contribution in [0.4, 0.5) is 0 Å². The molecule has 0 fully saturated rings. The molecular formula is C68H128O6. The lowest BCUT2D eigenvalue weighted by Crippen LogP contribution is -2.30. The quantitative estimate of drug-likeness (QED) is 0.0261. The average molecular weight is 1040 g/mol. The van der Waals surface area contributed by atoms with Crippen LogP contribution in [0.25, 0.3) is 0 Å². The second-order valence-corrected chi connectivity index (χ2v) is 22.7. The summed E-state index contributed by atoms with van der Waals surface area (Å²) in [7, 11) is 0. The zero-order valence-corrected chi connectivity index (χ0v) is 50.1. The van der Waals surface area contributed by atoms with Gasteiger partial charge in [-0.05, 0) is 51.4 Å². The third kappa shape index (κ3) is 60.8. The molecule has 0 aromatic heterocycles. The molecule has 0 aliphatic carbocycles. The lowest BCUT2D eigenvalue weighted by molar-refractivity contribution is -0.167. The maximum Gasteiger partial charge on any atom is 0.306 e. The van der Waals surface area contributed by atoms with Gasteiger partial charge in [-0.15, -0.1) is 0 Å². The van der Waals surface area contributed by atoms with Crippen molar-refractivity contribution in [1.82, 2.24) is 0 Å². The molecule has 0 N–H and O–H groups in total. The van der Waals surface area contributed by atoms with Gasteiger partial charge in [0.05, 0.1) is 0 Å². The normalized spacial score (nSPS) is 12.1. The van der Waals surface area contributed by atoms with E-state index in [-0.39, 0.29) is 31.1 Å². The van der Waals surface area contributed by atoms with E-state index in [0.29, 0.717) is 19.3 Å². The van der Waals surface area contributed by atoms with Crippen LogP contribution in [0.1, 0.15) is 374 Å². The first-order valence-electron chi connectivity index (χ1n) is 33.3. The summed E-state index contributed by atoms with van der Waals surface area (Å²) in [5.74, 6) is -0.839. The standard InChI is InChI=1S/C68H128O6/c1-4-7-10-13-16-19-21-23-25-27-29-31-32-33-34-35-36-37-39-40-42-44-46-49-52-55-58-61-67(70)73-64-65(63-72-66(69)60-57-54-51-48-18-15-12-9-6-3)74-68(71)62-59-56-53-50-47-45-43-41-38-30-28-26-24-22-20-17-14-11-8-5-2/h21,23,27,29,65H,4-20,22,24-26,28,30-64H2,1-3H3/b23-21-,29-27-. The molecule has 6 nitrogen and oxygen atoms in total. The minimum absolute atomic E-state index is 0.0646. The minimum atomic E-state index is -0.765. The van der Waals surface area contributed by atoms with Crippen molar-refractivity contribution in [3.05, 3.63) is 24.3 Å². The number of rotatable bonds is 62. The van der Waals surface area contributed by atoms with Gasteiger partial charge in [-0.25, -0.2) is 0 Å². The highest BCUT2D eigenvalue weighted by Gasteiger charge is 2.19. The van der Waals surface area contributed by atoms with Gasteiger partial charge in [0.1, 0.15) is 13.2 Å². The van der Waals surface area contributed by atoms with Gasteiger partial charge in [-0.1, -0.05) is 328 Å². The van der Waals surface area contributed by atoms with Crippen LogP contribution in [0, 0.1) is 0 Å². The number of unbranched alkanes of at least 4 members (excludes halogenated alkanes) is 47. The Labute approximate surface area is 462 Å². The van der Waals surface area contributed by atoms with E-state index in [1.54, 1.807) is 0 Å². The zero-order valence-electron chi connectivity index (χ0n) is 50.1. The fourth-order valence-electron chi connectivity index (χ4n) is 10.2. The number of ether oxygens (including phenoxy) is 3. The predicted molar refractivity (Wildman–Crippen MR) is 321 cm³/mol. The molecule has 0 aromatic rings. The molecule has 0 aliphatic rings. The van der Waals surface area contributed by atoms with Crippen molar-refractivity contribution in [2.24, 2.45) is 0 Å². The van der Waals surface area contributed by atoms with E-state index < -0.39 is 6.10 Å². The van der Waals surface area contributed by atoms with Crippen molar-refractivity contribution >= 4 is 17.9 Å². The van der Waals surface area contributed by atoms with Gasteiger partial charge in [-0.3, -0.25) is 14.4 Å². The Kier molecular flexibility index (Phi) is 61.6. The molecule has 436 valence electrons. The maximum atomic E-state index is 12.9. The van der Waals surface area contributed by atoms with Crippen LogP contribution in [-0.2, 0) is 28.6 Å². The van der Waals surface area contributed by atoms with Gasteiger partial charge in [0, 0.05) is 19.3 Å². The number of esters is 3.